The lowest BCUT2D eigenvalue weighted by Gasteiger charge is -2.35. The number of anilines is 2. The zero-order valence-electron chi connectivity index (χ0n) is 19.6. The number of amides is 1. The second-order valence-electron chi connectivity index (χ2n) is 9.50. The van der Waals surface area contributed by atoms with Crippen LogP contribution in [0.1, 0.15) is 37.3 Å². The molecule has 2 aromatic rings. The van der Waals surface area contributed by atoms with Gasteiger partial charge in [-0.25, -0.2) is 18.7 Å². The van der Waals surface area contributed by atoms with Crippen LogP contribution >= 0.6 is 0 Å². The monoisotopic (exact) mass is 492 g/mol. The Labute approximate surface area is 202 Å². The topological polar surface area (TPSA) is 108 Å². The lowest BCUT2D eigenvalue weighted by Crippen LogP contribution is -2.48. The number of aromatic nitrogens is 2. The molecule has 1 saturated heterocycles. The Morgan fingerprint density at radius 2 is 1.97 bits per heavy atom. The summed E-state index contributed by atoms with van der Waals surface area (Å²) in [7, 11) is 0. The maximum absolute atomic E-state index is 15.4. The van der Waals surface area contributed by atoms with Crippen LogP contribution in [0.4, 0.5) is 24.8 Å². The van der Waals surface area contributed by atoms with Crippen LogP contribution in [-0.2, 0) is 17.3 Å². The first-order valence-electron chi connectivity index (χ1n) is 11.8. The smallest absolute Gasteiger partial charge is 0.270 e. The summed E-state index contributed by atoms with van der Waals surface area (Å²) in [6.07, 6.45) is 3.03. The quantitative estimate of drug-likeness (QED) is 0.468. The number of nitrogens with two attached hydrogens (primary N) is 1. The van der Waals surface area contributed by atoms with Crippen LogP contribution in [0, 0.1) is 11.7 Å². The number of carbonyl (C=O) groups excluding carboxylic acids is 1. The van der Waals surface area contributed by atoms with Gasteiger partial charge in [-0.15, -0.1) is 0 Å². The van der Waals surface area contributed by atoms with Gasteiger partial charge in [-0.05, 0) is 31.4 Å². The fourth-order valence-corrected chi connectivity index (χ4v) is 4.42. The molecule has 2 atom stereocenters. The van der Waals surface area contributed by atoms with E-state index in [4.69, 9.17) is 5.73 Å². The molecule has 4 N–H and O–H groups in total. The first-order chi connectivity index (χ1) is 16.6. The normalized spacial score (nSPS) is 21.1. The Hall–Kier alpha value is -2.92. The minimum absolute atomic E-state index is 0.0494. The largest absolute Gasteiger partial charge is 0.391 e. The lowest BCUT2D eigenvalue weighted by atomic mass is 9.93. The molecule has 1 aliphatic carbocycles. The molecular formula is C24H31F3N6O2. The third kappa shape index (κ3) is 6.40. The number of nitrogens with zero attached hydrogens (tertiary/aromatic N) is 4. The molecule has 0 radical (unpaired) electrons. The molecule has 1 aliphatic heterocycles. The summed E-state index contributed by atoms with van der Waals surface area (Å²) >= 11 is 0. The van der Waals surface area contributed by atoms with E-state index in [2.05, 4.69) is 15.3 Å². The van der Waals surface area contributed by atoms with E-state index in [-0.39, 0.29) is 35.7 Å². The predicted molar refractivity (Wildman–Crippen MR) is 125 cm³/mol. The van der Waals surface area contributed by atoms with Crippen molar-refractivity contribution < 1.29 is 23.1 Å². The van der Waals surface area contributed by atoms with Crippen molar-refractivity contribution in [3.8, 4) is 0 Å². The second-order valence-corrected chi connectivity index (χ2v) is 9.50. The van der Waals surface area contributed by atoms with Gasteiger partial charge in [0.15, 0.2) is 11.6 Å². The third-order valence-corrected chi connectivity index (χ3v) is 6.56. The number of halogens is 3. The van der Waals surface area contributed by atoms with Crippen molar-refractivity contribution in [2.45, 2.75) is 50.8 Å². The van der Waals surface area contributed by atoms with Crippen molar-refractivity contribution in [3.05, 3.63) is 47.5 Å². The Morgan fingerprint density at radius 1 is 1.26 bits per heavy atom. The molecule has 0 spiro atoms. The van der Waals surface area contributed by atoms with Crippen LogP contribution in [-0.4, -0.2) is 64.2 Å². The van der Waals surface area contributed by atoms with E-state index in [1.807, 2.05) is 4.90 Å². The highest BCUT2D eigenvalue weighted by atomic mass is 19.3. The number of aliphatic hydroxyl groups excluding tert-OH is 1. The van der Waals surface area contributed by atoms with Crippen LogP contribution < -0.4 is 16.0 Å². The van der Waals surface area contributed by atoms with Crippen molar-refractivity contribution in [2.75, 3.05) is 36.4 Å². The SMILES string of the molecule is CC(F)(F)c1ccc(CN(c2ncnc(NC[C@@H]3CCN(CC(N)=O)C[C@H]3O)c2F)C2CC2)cc1. The molecule has 190 valence electrons. The van der Waals surface area contributed by atoms with Gasteiger partial charge in [0, 0.05) is 44.1 Å². The Balaban J connectivity index is 1.42. The van der Waals surface area contributed by atoms with Gasteiger partial charge >= 0.3 is 0 Å². The summed E-state index contributed by atoms with van der Waals surface area (Å²) in [5, 5.41) is 13.4. The van der Waals surface area contributed by atoms with Gasteiger partial charge in [0.05, 0.1) is 12.6 Å². The standard InChI is InChI=1S/C24H31F3N6O2/c1-24(26,27)17-4-2-15(3-5-17)11-33(18-6-7-18)23-21(25)22(30-14-31-23)29-10-16-8-9-32(12-19(16)34)13-20(28)35/h2-5,14,16,18-19,34H,6-13H2,1H3,(H2,28,35)(H,29,30,31)/t16-,19+/m0/s1. The number of piperidine rings is 1. The number of hydrogen-bond acceptors (Lipinski definition) is 7. The van der Waals surface area contributed by atoms with Gasteiger partial charge in [-0.2, -0.15) is 4.39 Å². The number of carbonyl (C=O) groups is 1. The average molecular weight is 493 g/mol. The number of nitrogens with one attached hydrogen (secondary N) is 1. The molecule has 2 fully saturated rings. The molecule has 11 heteroatoms. The van der Waals surface area contributed by atoms with E-state index in [0.29, 0.717) is 32.6 Å². The molecule has 0 bridgehead atoms. The minimum atomic E-state index is -2.92. The summed E-state index contributed by atoms with van der Waals surface area (Å²) in [6.45, 7) is 2.54. The maximum Gasteiger partial charge on any atom is 0.270 e. The summed E-state index contributed by atoms with van der Waals surface area (Å²) in [5.41, 5.74) is 5.94. The van der Waals surface area contributed by atoms with E-state index < -0.39 is 23.8 Å². The van der Waals surface area contributed by atoms with E-state index in [9.17, 15) is 18.7 Å². The number of rotatable bonds is 10. The Bertz CT molecular complexity index is 1030. The van der Waals surface area contributed by atoms with Gasteiger partial charge in [-0.3, -0.25) is 9.69 Å². The number of likely N-dealkylation sites (tertiary alicyclic amines) is 1. The average Bonchev–Trinajstić information content (AvgIpc) is 3.63. The molecule has 1 amide bonds. The predicted octanol–water partition coefficient (Wildman–Crippen LogP) is 2.48. The van der Waals surface area contributed by atoms with E-state index in [0.717, 1.165) is 25.3 Å². The zero-order valence-corrected chi connectivity index (χ0v) is 19.6. The van der Waals surface area contributed by atoms with Crippen molar-refractivity contribution in [1.82, 2.24) is 14.9 Å². The molecule has 1 saturated carbocycles. The van der Waals surface area contributed by atoms with E-state index in [1.165, 1.54) is 18.5 Å². The van der Waals surface area contributed by atoms with Crippen LogP contribution in [0.3, 0.4) is 0 Å². The summed E-state index contributed by atoms with van der Waals surface area (Å²) in [4.78, 5) is 23.0. The molecule has 8 nitrogen and oxygen atoms in total. The van der Waals surface area contributed by atoms with E-state index in [1.54, 1.807) is 17.0 Å². The minimum Gasteiger partial charge on any atom is -0.391 e. The summed E-state index contributed by atoms with van der Waals surface area (Å²) in [6, 6.07) is 6.17. The van der Waals surface area contributed by atoms with Crippen molar-refractivity contribution in [2.24, 2.45) is 11.7 Å². The molecule has 2 aliphatic rings. The van der Waals surface area contributed by atoms with Crippen LogP contribution in [0.15, 0.2) is 30.6 Å². The molecule has 1 aromatic heterocycles. The van der Waals surface area contributed by atoms with Crippen LogP contribution in [0.2, 0.25) is 0 Å². The molecular weight excluding hydrogens is 461 g/mol. The van der Waals surface area contributed by atoms with Gasteiger partial charge in [0.25, 0.3) is 5.92 Å². The highest BCUT2D eigenvalue weighted by Crippen LogP contribution is 2.35. The highest BCUT2D eigenvalue weighted by Gasteiger charge is 2.33. The van der Waals surface area contributed by atoms with Crippen LogP contribution in [0.5, 0.6) is 0 Å². The van der Waals surface area contributed by atoms with Crippen molar-refractivity contribution >= 4 is 17.5 Å². The Morgan fingerprint density at radius 3 is 2.57 bits per heavy atom. The first-order valence-corrected chi connectivity index (χ1v) is 11.8. The highest BCUT2D eigenvalue weighted by molar-refractivity contribution is 5.75. The van der Waals surface area contributed by atoms with Gasteiger partial charge < -0.3 is 21.1 Å². The lowest BCUT2D eigenvalue weighted by molar-refractivity contribution is -0.120. The first kappa shape index (κ1) is 25.2. The number of β-amino-alcohol motifs (C(OH)–C–C–N with tert-alkyl or cyclic N) is 1. The third-order valence-electron chi connectivity index (χ3n) is 6.56. The van der Waals surface area contributed by atoms with E-state index >= 15 is 4.39 Å². The molecule has 4 rings (SSSR count). The van der Waals surface area contributed by atoms with Crippen molar-refractivity contribution in [3.63, 3.8) is 0 Å². The Kier molecular flexibility index (Phi) is 7.46. The van der Waals surface area contributed by atoms with Gasteiger partial charge in [-0.1, -0.05) is 24.3 Å². The number of alkyl halides is 2. The zero-order chi connectivity index (χ0) is 25.2. The number of benzene rings is 1. The number of hydrogen-bond donors (Lipinski definition) is 3. The van der Waals surface area contributed by atoms with Gasteiger partial charge in [0.1, 0.15) is 6.33 Å². The molecule has 1 aromatic carbocycles. The van der Waals surface area contributed by atoms with Crippen molar-refractivity contribution in [1.29, 1.82) is 0 Å². The fraction of sp³-hybridized carbons (Fsp3) is 0.542. The fourth-order valence-electron chi connectivity index (χ4n) is 4.42. The maximum atomic E-state index is 15.4. The summed E-state index contributed by atoms with van der Waals surface area (Å²) in [5.74, 6) is -3.87. The molecule has 2 heterocycles. The van der Waals surface area contributed by atoms with Gasteiger partial charge in [0.2, 0.25) is 11.7 Å². The molecule has 0 unspecified atom stereocenters. The number of aliphatic hydroxyl groups is 1. The second kappa shape index (κ2) is 10.4. The molecule has 35 heavy (non-hydrogen) atoms. The number of primary amides is 1. The summed E-state index contributed by atoms with van der Waals surface area (Å²) < 4.78 is 42.5. The van der Waals surface area contributed by atoms with Crippen LogP contribution in [0.25, 0.3) is 0 Å².